The van der Waals surface area contributed by atoms with Gasteiger partial charge in [-0.3, -0.25) is 4.98 Å². The van der Waals surface area contributed by atoms with Crippen LogP contribution in [0.2, 0.25) is 0 Å². The van der Waals surface area contributed by atoms with Crippen molar-refractivity contribution in [3.8, 4) is 5.75 Å². The maximum absolute atomic E-state index is 12.5. The quantitative estimate of drug-likeness (QED) is 0.783. The number of methoxy groups -OCH3 is 1. The molecule has 1 aromatic heterocycles. The summed E-state index contributed by atoms with van der Waals surface area (Å²) < 4.78 is 29.9. The zero-order chi connectivity index (χ0) is 10.7. The van der Waals surface area contributed by atoms with Gasteiger partial charge < -0.3 is 4.74 Å². The van der Waals surface area contributed by atoms with Gasteiger partial charge in [0.2, 0.25) is 0 Å². The second kappa shape index (κ2) is 4.68. The standard InChI is InChI=1S/C9H10BrF2NO/c1-5-6(3-10)7(14-2)4-13-8(5)9(11)12/h4,9H,3H2,1-2H3. The van der Waals surface area contributed by atoms with Crippen molar-refractivity contribution in [2.75, 3.05) is 7.11 Å². The van der Waals surface area contributed by atoms with E-state index >= 15 is 0 Å². The van der Waals surface area contributed by atoms with Gasteiger partial charge in [-0.05, 0) is 12.5 Å². The number of hydrogen-bond acceptors (Lipinski definition) is 2. The Bertz CT molecular complexity index is 331. The Balaban J connectivity index is 3.27. The van der Waals surface area contributed by atoms with Crippen LogP contribution in [0.15, 0.2) is 6.20 Å². The van der Waals surface area contributed by atoms with E-state index in [4.69, 9.17) is 4.74 Å². The second-order valence-electron chi connectivity index (χ2n) is 2.75. The minimum Gasteiger partial charge on any atom is -0.495 e. The van der Waals surface area contributed by atoms with Gasteiger partial charge in [-0.15, -0.1) is 0 Å². The number of nitrogens with zero attached hydrogens (tertiary/aromatic N) is 1. The van der Waals surface area contributed by atoms with Gasteiger partial charge in [0.25, 0.3) is 6.43 Å². The summed E-state index contributed by atoms with van der Waals surface area (Å²) in [6, 6.07) is 0. The first-order valence-corrected chi connectivity index (χ1v) is 5.10. The van der Waals surface area contributed by atoms with Crippen LogP contribution in [0, 0.1) is 6.92 Å². The molecule has 5 heteroatoms. The monoisotopic (exact) mass is 265 g/mol. The first-order chi connectivity index (χ1) is 6.61. The van der Waals surface area contributed by atoms with Crippen molar-refractivity contribution in [3.05, 3.63) is 23.0 Å². The van der Waals surface area contributed by atoms with Crippen LogP contribution in [0.5, 0.6) is 5.75 Å². The molecule has 0 bridgehead atoms. The van der Waals surface area contributed by atoms with Crippen molar-refractivity contribution in [1.82, 2.24) is 4.98 Å². The van der Waals surface area contributed by atoms with Gasteiger partial charge in [-0.25, -0.2) is 8.78 Å². The Hall–Kier alpha value is -0.710. The van der Waals surface area contributed by atoms with Crippen LogP contribution in [0.4, 0.5) is 8.78 Å². The fourth-order valence-electron chi connectivity index (χ4n) is 1.20. The van der Waals surface area contributed by atoms with Crippen LogP contribution >= 0.6 is 15.9 Å². The summed E-state index contributed by atoms with van der Waals surface area (Å²) in [4.78, 5) is 3.66. The number of pyridine rings is 1. The van der Waals surface area contributed by atoms with E-state index in [9.17, 15) is 8.78 Å². The highest BCUT2D eigenvalue weighted by Gasteiger charge is 2.17. The third kappa shape index (κ3) is 2.03. The van der Waals surface area contributed by atoms with Crippen LogP contribution in [0.1, 0.15) is 23.2 Å². The Morgan fingerprint density at radius 1 is 1.57 bits per heavy atom. The van der Waals surface area contributed by atoms with E-state index in [2.05, 4.69) is 20.9 Å². The van der Waals surface area contributed by atoms with Gasteiger partial charge in [-0.1, -0.05) is 15.9 Å². The maximum atomic E-state index is 12.5. The van der Waals surface area contributed by atoms with Gasteiger partial charge in [0.1, 0.15) is 11.4 Å². The Labute approximate surface area is 89.4 Å². The molecular formula is C9H10BrF2NO. The molecule has 0 atom stereocenters. The third-order valence-corrected chi connectivity index (χ3v) is 2.58. The van der Waals surface area contributed by atoms with Gasteiger partial charge in [0, 0.05) is 10.9 Å². The van der Waals surface area contributed by atoms with E-state index in [0.717, 1.165) is 5.56 Å². The second-order valence-corrected chi connectivity index (χ2v) is 3.31. The van der Waals surface area contributed by atoms with Crippen LogP contribution in [-0.4, -0.2) is 12.1 Å². The van der Waals surface area contributed by atoms with Crippen molar-refractivity contribution in [3.63, 3.8) is 0 Å². The molecule has 0 unspecified atom stereocenters. The molecule has 2 nitrogen and oxygen atoms in total. The van der Waals surface area contributed by atoms with Gasteiger partial charge in [0.05, 0.1) is 13.3 Å². The average molecular weight is 266 g/mol. The molecule has 1 rings (SSSR count). The highest BCUT2D eigenvalue weighted by atomic mass is 79.9. The van der Waals surface area contributed by atoms with Gasteiger partial charge in [-0.2, -0.15) is 0 Å². The third-order valence-electron chi connectivity index (χ3n) is 2.02. The molecule has 1 heterocycles. The summed E-state index contributed by atoms with van der Waals surface area (Å²) >= 11 is 3.23. The number of aromatic nitrogens is 1. The van der Waals surface area contributed by atoms with Crippen molar-refractivity contribution >= 4 is 15.9 Å². The molecule has 0 saturated carbocycles. The molecular weight excluding hydrogens is 256 g/mol. The van der Waals surface area contributed by atoms with E-state index in [1.807, 2.05) is 0 Å². The highest BCUT2D eigenvalue weighted by molar-refractivity contribution is 9.08. The van der Waals surface area contributed by atoms with Crippen LogP contribution in [0.3, 0.4) is 0 Å². The molecule has 78 valence electrons. The van der Waals surface area contributed by atoms with Crippen LogP contribution < -0.4 is 4.74 Å². The lowest BCUT2D eigenvalue weighted by Crippen LogP contribution is -2.01. The number of ether oxygens (including phenoxy) is 1. The van der Waals surface area contributed by atoms with Crippen molar-refractivity contribution in [1.29, 1.82) is 0 Å². The topological polar surface area (TPSA) is 22.1 Å². The minimum absolute atomic E-state index is 0.180. The summed E-state index contributed by atoms with van der Waals surface area (Å²) in [5.41, 5.74) is 1.02. The van der Waals surface area contributed by atoms with E-state index in [-0.39, 0.29) is 5.69 Å². The minimum atomic E-state index is -2.54. The molecule has 1 aromatic rings. The van der Waals surface area contributed by atoms with Gasteiger partial charge >= 0.3 is 0 Å². The molecule has 14 heavy (non-hydrogen) atoms. The number of alkyl halides is 3. The van der Waals surface area contributed by atoms with E-state index in [1.54, 1.807) is 6.92 Å². The largest absolute Gasteiger partial charge is 0.495 e. The normalized spacial score (nSPS) is 10.7. The predicted molar refractivity (Wildman–Crippen MR) is 53.1 cm³/mol. The summed E-state index contributed by atoms with van der Waals surface area (Å²) in [5.74, 6) is 0.531. The zero-order valence-electron chi connectivity index (χ0n) is 7.85. The zero-order valence-corrected chi connectivity index (χ0v) is 9.44. The fraction of sp³-hybridized carbons (Fsp3) is 0.444. The molecule has 0 aliphatic rings. The molecule has 0 spiro atoms. The Morgan fingerprint density at radius 3 is 2.64 bits per heavy atom. The predicted octanol–water partition coefficient (Wildman–Crippen LogP) is 3.23. The number of rotatable bonds is 3. The maximum Gasteiger partial charge on any atom is 0.280 e. The molecule has 0 aromatic carbocycles. The summed E-state index contributed by atoms with van der Waals surface area (Å²) in [5, 5.41) is 0.476. The first-order valence-electron chi connectivity index (χ1n) is 3.98. The fourth-order valence-corrected chi connectivity index (χ4v) is 1.90. The van der Waals surface area contributed by atoms with Gasteiger partial charge in [0.15, 0.2) is 0 Å². The molecule has 0 saturated heterocycles. The lowest BCUT2D eigenvalue weighted by atomic mass is 10.1. The van der Waals surface area contributed by atoms with Crippen LogP contribution in [-0.2, 0) is 5.33 Å². The number of hydrogen-bond donors (Lipinski definition) is 0. The Kier molecular flexibility index (Phi) is 3.80. The van der Waals surface area contributed by atoms with Crippen LogP contribution in [0.25, 0.3) is 0 Å². The molecule has 0 fully saturated rings. The molecule has 0 aliphatic heterocycles. The average Bonchev–Trinajstić information content (AvgIpc) is 2.16. The molecule has 0 N–H and O–H groups in total. The summed E-state index contributed by atoms with van der Waals surface area (Å²) in [6.45, 7) is 1.62. The lowest BCUT2D eigenvalue weighted by molar-refractivity contribution is 0.145. The molecule has 0 radical (unpaired) electrons. The van der Waals surface area contributed by atoms with E-state index < -0.39 is 6.43 Å². The lowest BCUT2D eigenvalue weighted by Gasteiger charge is -2.11. The Morgan fingerprint density at radius 2 is 2.21 bits per heavy atom. The summed E-state index contributed by atoms with van der Waals surface area (Å²) in [6.07, 6.45) is -1.22. The van der Waals surface area contributed by atoms with E-state index in [0.29, 0.717) is 16.6 Å². The van der Waals surface area contributed by atoms with Crippen molar-refractivity contribution < 1.29 is 13.5 Å². The molecule has 0 amide bonds. The smallest absolute Gasteiger partial charge is 0.280 e. The summed E-state index contributed by atoms with van der Waals surface area (Å²) in [7, 11) is 1.49. The first kappa shape index (κ1) is 11.4. The SMILES string of the molecule is COc1cnc(C(F)F)c(C)c1CBr. The molecule has 0 aliphatic carbocycles. The van der Waals surface area contributed by atoms with Crippen molar-refractivity contribution in [2.45, 2.75) is 18.7 Å². The highest BCUT2D eigenvalue weighted by Crippen LogP contribution is 2.29. The number of halogens is 3. The van der Waals surface area contributed by atoms with Crippen molar-refractivity contribution in [2.24, 2.45) is 0 Å². The van der Waals surface area contributed by atoms with E-state index in [1.165, 1.54) is 13.3 Å².